The van der Waals surface area contributed by atoms with Crippen LogP contribution in [0.4, 0.5) is 21.8 Å². The van der Waals surface area contributed by atoms with E-state index in [0.29, 0.717) is 22.5 Å². The fourth-order valence-electron chi connectivity index (χ4n) is 2.55. The Labute approximate surface area is 151 Å². The first-order chi connectivity index (χ1) is 12.2. The van der Waals surface area contributed by atoms with E-state index in [4.69, 9.17) is 16.3 Å². The van der Waals surface area contributed by atoms with Crippen LogP contribution < -0.4 is 10.6 Å². The van der Waals surface area contributed by atoms with Crippen molar-refractivity contribution in [2.75, 3.05) is 50.0 Å². The molecule has 2 N–H and O–H groups in total. The third-order valence-electron chi connectivity index (χ3n) is 3.89. The van der Waals surface area contributed by atoms with Gasteiger partial charge in [0.05, 0.1) is 19.4 Å². The van der Waals surface area contributed by atoms with Crippen LogP contribution >= 0.6 is 11.6 Å². The van der Waals surface area contributed by atoms with E-state index in [9.17, 15) is 4.39 Å². The Morgan fingerprint density at radius 3 is 2.72 bits per heavy atom. The molecule has 25 heavy (non-hydrogen) atoms. The lowest BCUT2D eigenvalue weighted by atomic mass is 10.3. The van der Waals surface area contributed by atoms with Crippen LogP contribution in [0.3, 0.4) is 0 Å². The van der Waals surface area contributed by atoms with Gasteiger partial charge in [-0.15, -0.1) is 0 Å². The van der Waals surface area contributed by atoms with E-state index in [2.05, 4.69) is 25.5 Å². The fourth-order valence-corrected chi connectivity index (χ4v) is 2.71. The Balaban J connectivity index is 1.51. The van der Waals surface area contributed by atoms with Crippen LogP contribution in [0.5, 0.6) is 0 Å². The van der Waals surface area contributed by atoms with Crippen molar-refractivity contribution >= 4 is 29.1 Å². The van der Waals surface area contributed by atoms with Gasteiger partial charge >= 0.3 is 0 Å². The van der Waals surface area contributed by atoms with E-state index in [-0.39, 0.29) is 5.82 Å². The van der Waals surface area contributed by atoms with Crippen LogP contribution in [0.15, 0.2) is 30.5 Å². The largest absolute Gasteiger partial charge is 0.379 e. The third-order valence-corrected chi connectivity index (χ3v) is 4.17. The van der Waals surface area contributed by atoms with Gasteiger partial charge in [-0.1, -0.05) is 11.6 Å². The van der Waals surface area contributed by atoms with E-state index < -0.39 is 0 Å². The maximum atomic E-state index is 13.0. The molecule has 0 aliphatic carbocycles. The molecule has 2 aromatic rings. The van der Waals surface area contributed by atoms with Crippen molar-refractivity contribution in [1.82, 2.24) is 14.9 Å². The zero-order valence-electron chi connectivity index (χ0n) is 13.8. The second kappa shape index (κ2) is 8.94. The molecule has 0 bridgehead atoms. The van der Waals surface area contributed by atoms with Crippen LogP contribution in [-0.4, -0.2) is 54.3 Å². The normalized spacial score (nSPS) is 15.1. The first-order valence-corrected chi connectivity index (χ1v) is 8.67. The second-order valence-corrected chi connectivity index (χ2v) is 6.16. The first kappa shape index (κ1) is 17.8. The number of rotatable bonds is 7. The van der Waals surface area contributed by atoms with Gasteiger partial charge in [-0.2, -0.15) is 4.98 Å². The quantitative estimate of drug-likeness (QED) is 0.735. The number of hydrogen-bond acceptors (Lipinski definition) is 6. The van der Waals surface area contributed by atoms with Gasteiger partial charge in [-0.25, -0.2) is 9.37 Å². The number of nitrogens with one attached hydrogen (secondary N) is 2. The van der Waals surface area contributed by atoms with Crippen molar-refractivity contribution < 1.29 is 9.13 Å². The number of hydrogen-bond donors (Lipinski definition) is 2. The highest BCUT2D eigenvalue weighted by atomic mass is 35.5. The van der Waals surface area contributed by atoms with E-state index >= 15 is 0 Å². The van der Waals surface area contributed by atoms with Gasteiger partial charge in [0.2, 0.25) is 5.95 Å². The summed E-state index contributed by atoms with van der Waals surface area (Å²) in [5.74, 6) is 0.708. The van der Waals surface area contributed by atoms with Crippen molar-refractivity contribution in [1.29, 1.82) is 0 Å². The molecule has 1 saturated heterocycles. The molecule has 0 saturated carbocycles. The van der Waals surface area contributed by atoms with Gasteiger partial charge in [0.25, 0.3) is 0 Å². The van der Waals surface area contributed by atoms with Crippen LogP contribution in [0.1, 0.15) is 6.42 Å². The number of nitrogens with zero attached hydrogens (tertiary/aromatic N) is 3. The highest BCUT2D eigenvalue weighted by Gasteiger charge is 2.10. The zero-order chi connectivity index (χ0) is 17.5. The molecule has 0 spiro atoms. The molecule has 1 aliphatic heterocycles. The molecule has 6 nitrogen and oxygen atoms in total. The fraction of sp³-hybridized carbons (Fsp3) is 0.412. The average Bonchev–Trinajstić information content (AvgIpc) is 2.64. The topological polar surface area (TPSA) is 62.3 Å². The summed E-state index contributed by atoms with van der Waals surface area (Å²) in [6.45, 7) is 5.37. The summed E-state index contributed by atoms with van der Waals surface area (Å²) in [7, 11) is 0. The number of anilines is 3. The standard InChI is InChI=1S/C17H21ClFN5O/c18-15-12-21-17(22-14-4-2-13(19)3-5-14)23-16(15)20-6-1-7-24-8-10-25-11-9-24/h2-5,12H,1,6-11H2,(H2,20,21,22,23). The highest BCUT2D eigenvalue weighted by molar-refractivity contribution is 6.32. The van der Waals surface area contributed by atoms with Gasteiger partial charge in [0, 0.05) is 25.3 Å². The molecule has 1 aromatic heterocycles. The van der Waals surface area contributed by atoms with Crippen molar-refractivity contribution in [3.8, 4) is 0 Å². The Hall–Kier alpha value is -1.96. The minimum Gasteiger partial charge on any atom is -0.379 e. The number of ether oxygens (including phenoxy) is 1. The molecule has 0 unspecified atom stereocenters. The highest BCUT2D eigenvalue weighted by Crippen LogP contribution is 2.21. The number of aromatic nitrogens is 2. The van der Waals surface area contributed by atoms with Gasteiger partial charge < -0.3 is 15.4 Å². The summed E-state index contributed by atoms with van der Waals surface area (Å²) in [6, 6.07) is 6.01. The Bertz CT molecular complexity index is 679. The minimum absolute atomic E-state index is 0.287. The van der Waals surface area contributed by atoms with Crippen LogP contribution in [0, 0.1) is 5.82 Å². The van der Waals surface area contributed by atoms with Crippen LogP contribution in [0.2, 0.25) is 5.02 Å². The minimum atomic E-state index is -0.287. The van der Waals surface area contributed by atoms with Crippen LogP contribution in [0.25, 0.3) is 0 Å². The molecule has 1 fully saturated rings. The monoisotopic (exact) mass is 365 g/mol. The summed E-state index contributed by atoms with van der Waals surface area (Å²) in [4.78, 5) is 10.9. The molecule has 0 amide bonds. The van der Waals surface area contributed by atoms with Gasteiger partial charge in [0.15, 0.2) is 0 Å². The SMILES string of the molecule is Fc1ccc(Nc2ncc(Cl)c(NCCCN3CCOCC3)n2)cc1. The summed E-state index contributed by atoms with van der Waals surface area (Å²) >= 11 is 6.16. The summed E-state index contributed by atoms with van der Waals surface area (Å²) in [6.07, 6.45) is 2.53. The Kier molecular flexibility index (Phi) is 6.38. The number of halogens is 2. The number of morpholine rings is 1. The maximum Gasteiger partial charge on any atom is 0.229 e. The van der Waals surface area contributed by atoms with E-state index in [0.717, 1.165) is 45.8 Å². The molecule has 0 radical (unpaired) electrons. The van der Waals surface area contributed by atoms with Gasteiger partial charge in [-0.3, -0.25) is 4.90 Å². The number of benzene rings is 1. The van der Waals surface area contributed by atoms with E-state index in [1.807, 2.05) is 0 Å². The predicted octanol–water partition coefficient (Wildman–Crippen LogP) is 3.15. The molecule has 3 rings (SSSR count). The third kappa shape index (κ3) is 5.52. The predicted molar refractivity (Wildman–Crippen MR) is 97.1 cm³/mol. The Morgan fingerprint density at radius 2 is 1.96 bits per heavy atom. The molecule has 8 heteroatoms. The smallest absolute Gasteiger partial charge is 0.229 e. The van der Waals surface area contributed by atoms with Crippen molar-refractivity contribution in [3.63, 3.8) is 0 Å². The average molecular weight is 366 g/mol. The summed E-state index contributed by atoms with van der Waals surface area (Å²) in [5.41, 5.74) is 0.710. The lowest BCUT2D eigenvalue weighted by molar-refractivity contribution is 0.0378. The second-order valence-electron chi connectivity index (χ2n) is 5.76. The molecule has 134 valence electrons. The molecule has 1 aromatic carbocycles. The maximum absolute atomic E-state index is 13.0. The lowest BCUT2D eigenvalue weighted by Crippen LogP contribution is -2.37. The van der Waals surface area contributed by atoms with Crippen molar-refractivity contribution in [3.05, 3.63) is 41.3 Å². The molecule has 0 atom stereocenters. The van der Waals surface area contributed by atoms with Crippen LogP contribution in [-0.2, 0) is 4.74 Å². The van der Waals surface area contributed by atoms with E-state index in [1.165, 1.54) is 12.1 Å². The van der Waals surface area contributed by atoms with Crippen molar-refractivity contribution in [2.24, 2.45) is 0 Å². The summed E-state index contributed by atoms with van der Waals surface area (Å²) in [5, 5.41) is 6.75. The zero-order valence-corrected chi connectivity index (χ0v) is 14.6. The van der Waals surface area contributed by atoms with Crippen molar-refractivity contribution in [2.45, 2.75) is 6.42 Å². The lowest BCUT2D eigenvalue weighted by Gasteiger charge is -2.26. The van der Waals surface area contributed by atoms with Gasteiger partial charge in [0.1, 0.15) is 16.7 Å². The molecule has 1 aliphatic rings. The van der Waals surface area contributed by atoms with Gasteiger partial charge in [-0.05, 0) is 37.2 Å². The Morgan fingerprint density at radius 1 is 1.20 bits per heavy atom. The molecular weight excluding hydrogens is 345 g/mol. The molecule has 2 heterocycles. The van der Waals surface area contributed by atoms with E-state index in [1.54, 1.807) is 18.3 Å². The molecular formula is C17H21ClFN5O. The first-order valence-electron chi connectivity index (χ1n) is 8.30. The summed E-state index contributed by atoms with van der Waals surface area (Å²) < 4.78 is 18.3.